The fourth-order valence-electron chi connectivity index (χ4n) is 5.07. The number of hydrogen-bond acceptors (Lipinski definition) is 10. The van der Waals surface area contributed by atoms with E-state index in [2.05, 4.69) is 33.7 Å². The Bertz CT molecular complexity index is 1080. The van der Waals surface area contributed by atoms with Crippen molar-refractivity contribution in [3.8, 4) is 0 Å². The number of methoxy groups -OCH3 is 1. The van der Waals surface area contributed by atoms with Crippen LogP contribution < -0.4 is 5.73 Å². The summed E-state index contributed by atoms with van der Waals surface area (Å²) < 4.78 is 25.5. The third-order valence-electron chi connectivity index (χ3n) is 6.90. The van der Waals surface area contributed by atoms with Crippen LogP contribution in [0, 0.1) is 5.92 Å². The van der Waals surface area contributed by atoms with Gasteiger partial charge in [0.05, 0.1) is 12.9 Å². The third-order valence-corrected chi connectivity index (χ3v) is 6.90. The maximum Gasteiger partial charge on any atom is 0.330 e. The highest BCUT2D eigenvalue weighted by Crippen LogP contribution is 2.40. The van der Waals surface area contributed by atoms with E-state index < -0.39 is 18.1 Å². The molecule has 0 unspecified atom stereocenters. The van der Waals surface area contributed by atoms with Gasteiger partial charge in [0.15, 0.2) is 23.5 Å². The summed E-state index contributed by atoms with van der Waals surface area (Å²) in [6.45, 7) is 11.0. The average molecular weight is 503 g/mol. The second kappa shape index (κ2) is 10.8. The molecule has 11 heteroatoms. The SMILES string of the molecule is CCOC(=O)/C=C/[C@H]1C[C@H](N(C[C@@H](OC)[C@H]2OC(C)(C)O[C@H]2n2cnc3c(N)ncnc32)C(C)C)C1. The number of esters is 1. The van der Waals surface area contributed by atoms with Crippen LogP contribution in [0.2, 0.25) is 0 Å². The van der Waals surface area contributed by atoms with Crippen molar-refractivity contribution >= 4 is 23.0 Å². The standard InChI is InChI=1S/C25H38N6O5/c1-7-34-19(32)9-8-16-10-17(11-16)30(15(2)3)12-18(33-6)21-24(36-25(4,5)35-21)31-14-29-20-22(26)27-13-28-23(20)31/h8-9,13-18,21,24H,7,10-12H2,1-6H3,(H2,26,27,28)/b9-8+/t16-,17-,18-,21-,24-/m1/s1. The van der Waals surface area contributed by atoms with E-state index in [0.717, 1.165) is 12.8 Å². The van der Waals surface area contributed by atoms with Crippen molar-refractivity contribution < 1.29 is 23.7 Å². The molecule has 1 saturated carbocycles. The van der Waals surface area contributed by atoms with Crippen molar-refractivity contribution in [2.75, 3.05) is 26.0 Å². The predicted molar refractivity (Wildman–Crippen MR) is 134 cm³/mol. The van der Waals surface area contributed by atoms with Crippen molar-refractivity contribution in [1.82, 2.24) is 24.4 Å². The summed E-state index contributed by atoms with van der Waals surface area (Å²) in [4.78, 5) is 26.9. The molecule has 2 fully saturated rings. The van der Waals surface area contributed by atoms with E-state index in [9.17, 15) is 4.79 Å². The van der Waals surface area contributed by atoms with Crippen LogP contribution in [0.3, 0.4) is 0 Å². The fourth-order valence-corrected chi connectivity index (χ4v) is 5.07. The number of nitrogen functional groups attached to an aromatic ring is 1. The van der Waals surface area contributed by atoms with Crippen molar-refractivity contribution in [2.45, 2.75) is 83.8 Å². The molecule has 1 saturated heterocycles. The van der Waals surface area contributed by atoms with Gasteiger partial charge in [0, 0.05) is 31.8 Å². The molecule has 1 aliphatic heterocycles. The Hall–Kier alpha value is -2.60. The summed E-state index contributed by atoms with van der Waals surface area (Å²) >= 11 is 0. The molecule has 2 N–H and O–H groups in total. The van der Waals surface area contributed by atoms with E-state index >= 15 is 0 Å². The summed E-state index contributed by atoms with van der Waals surface area (Å²) in [5.41, 5.74) is 7.11. The fraction of sp³-hybridized carbons (Fsp3) is 0.680. The van der Waals surface area contributed by atoms with Gasteiger partial charge in [0.1, 0.15) is 24.1 Å². The van der Waals surface area contributed by atoms with E-state index in [1.807, 2.05) is 24.5 Å². The normalized spacial score (nSPS) is 26.7. The third kappa shape index (κ3) is 5.54. The lowest BCUT2D eigenvalue weighted by Gasteiger charge is -2.45. The second-order valence-corrected chi connectivity index (χ2v) is 10.1. The summed E-state index contributed by atoms with van der Waals surface area (Å²) in [5, 5.41) is 0. The number of hydrogen-bond donors (Lipinski definition) is 1. The molecule has 2 aliphatic rings. The van der Waals surface area contributed by atoms with Gasteiger partial charge < -0.3 is 24.7 Å². The Morgan fingerprint density at radius 1 is 1.31 bits per heavy atom. The number of allylic oxidation sites excluding steroid dienone is 1. The minimum atomic E-state index is -0.816. The highest BCUT2D eigenvalue weighted by Gasteiger charge is 2.48. The molecule has 0 amide bonds. The molecule has 198 valence electrons. The number of nitrogens with zero attached hydrogens (tertiary/aromatic N) is 5. The number of anilines is 1. The van der Waals surface area contributed by atoms with Gasteiger partial charge >= 0.3 is 5.97 Å². The summed E-state index contributed by atoms with van der Waals surface area (Å²) in [6, 6.07) is 0.688. The summed E-state index contributed by atoms with van der Waals surface area (Å²) in [7, 11) is 1.70. The van der Waals surface area contributed by atoms with E-state index in [4.69, 9.17) is 24.7 Å². The lowest BCUT2D eigenvalue weighted by Crippen LogP contribution is -2.53. The summed E-state index contributed by atoms with van der Waals surface area (Å²) in [5.74, 6) is -0.419. The molecule has 2 aromatic rings. The molecule has 0 spiro atoms. The number of ether oxygens (including phenoxy) is 4. The van der Waals surface area contributed by atoms with Crippen LogP contribution >= 0.6 is 0 Å². The Labute approximate surface area is 212 Å². The van der Waals surface area contributed by atoms with Gasteiger partial charge in [-0.3, -0.25) is 9.47 Å². The number of aromatic nitrogens is 4. The van der Waals surface area contributed by atoms with Crippen LogP contribution in [0.1, 0.15) is 53.7 Å². The Morgan fingerprint density at radius 2 is 2.06 bits per heavy atom. The number of rotatable bonds is 10. The van der Waals surface area contributed by atoms with Crippen molar-refractivity contribution in [3.63, 3.8) is 0 Å². The largest absolute Gasteiger partial charge is 0.463 e. The maximum absolute atomic E-state index is 11.6. The molecule has 11 nitrogen and oxygen atoms in total. The molecular formula is C25H38N6O5. The molecule has 0 bridgehead atoms. The molecule has 2 aromatic heterocycles. The molecule has 36 heavy (non-hydrogen) atoms. The van der Waals surface area contributed by atoms with E-state index in [0.29, 0.717) is 48.1 Å². The molecule has 0 aromatic carbocycles. The van der Waals surface area contributed by atoms with Crippen LogP contribution in [0.5, 0.6) is 0 Å². The number of nitrogens with two attached hydrogens (primary N) is 1. The minimum Gasteiger partial charge on any atom is -0.463 e. The first-order chi connectivity index (χ1) is 17.1. The minimum absolute atomic E-state index is 0.273. The zero-order valence-corrected chi connectivity index (χ0v) is 22.0. The predicted octanol–water partition coefficient (Wildman–Crippen LogP) is 2.68. The first-order valence-corrected chi connectivity index (χ1v) is 12.6. The van der Waals surface area contributed by atoms with Gasteiger partial charge in [0.25, 0.3) is 0 Å². The molecular weight excluding hydrogens is 464 g/mol. The van der Waals surface area contributed by atoms with Gasteiger partial charge in [-0.15, -0.1) is 0 Å². The average Bonchev–Trinajstić information content (AvgIpc) is 3.35. The van der Waals surface area contributed by atoms with Gasteiger partial charge in [0.2, 0.25) is 0 Å². The highest BCUT2D eigenvalue weighted by atomic mass is 16.8. The van der Waals surface area contributed by atoms with Crippen LogP contribution in [-0.2, 0) is 23.7 Å². The van der Waals surface area contributed by atoms with Crippen molar-refractivity contribution in [2.24, 2.45) is 5.92 Å². The van der Waals surface area contributed by atoms with Gasteiger partial charge in [-0.2, -0.15) is 0 Å². The zero-order chi connectivity index (χ0) is 26.0. The molecule has 0 radical (unpaired) electrons. The van der Waals surface area contributed by atoms with Crippen LogP contribution in [0.25, 0.3) is 11.2 Å². The first kappa shape index (κ1) is 26.5. The topological polar surface area (TPSA) is 127 Å². The van der Waals surface area contributed by atoms with Crippen LogP contribution in [-0.4, -0.2) is 80.7 Å². The summed E-state index contributed by atoms with van der Waals surface area (Å²) in [6.07, 6.45) is 7.37. The van der Waals surface area contributed by atoms with E-state index in [1.54, 1.807) is 26.4 Å². The first-order valence-electron chi connectivity index (χ1n) is 12.6. The van der Waals surface area contributed by atoms with Crippen LogP contribution in [0.15, 0.2) is 24.8 Å². The van der Waals surface area contributed by atoms with E-state index in [-0.39, 0.29) is 12.1 Å². The lowest BCUT2D eigenvalue weighted by molar-refractivity contribution is -0.163. The Balaban J connectivity index is 1.49. The quantitative estimate of drug-likeness (QED) is 0.383. The van der Waals surface area contributed by atoms with Gasteiger partial charge in [-0.25, -0.2) is 19.7 Å². The molecule has 4 rings (SSSR count). The number of carbonyl (C=O) groups is 1. The van der Waals surface area contributed by atoms with Crippen LogP contribution in [0.4, 0.5) is 5.82 Å². The zero-order valence-electron chi connectivity index (χ0n) is 22.0. The van der Waals surface area contributed by atoms with Crippen molar-refractivity contribution in [3.05, 3.63) is 24.8 Å². The second-order valence-electron chi connectivity index (χ2n) is 10.1. The number of fused-ring (bicyclic) bond motifs is 1. The Kier molecular flexibility index (Phi) is 7.93. The number of imidazole rings is 1. The smallest absolute Gasteiger partial charge is 0.330 e. The molecule has 3 heterocycles. The van der Waals surface area contributed by atoms with E-state index in [1.165, 1.54) is 6.33 Å². The molecule has 1 aliphatic carbocycles. The van der Waals surface area contributed by atoms with Gasteiger partial charge in [-0.05, 0) is 53.4 Å². The Morgan fingerprint density at radius 3 is 2.72 bits per heavy atom. The van der Waals surface area contributed by atoms with Crippen molar-refractivity contribution in [1.29, 1.82) is 0 Å². The maximum atomic E-state index is 11.6. The highest BCUT2D eigenvalue weighted by molar-refractivity contribution is 5.82. The van der Waals surface area contributed by atoms with Gasteiger partial charge in [-0.1, -0.05) is 6.08 Å². The molecule has 3 atom stereocenters. The number of carbonyl (C=O) groups excluding carboxylic acids is 1. The lowest BCUT2D eigenvalue weighted by atomic mass is 9.78. The monoisotopic (exact) mass is 502 g/mol.